The normalized spacial score (nSPS) is 12.2. The Morgan fingerprint density at radius 2 is 2.12 bits per heavy atom. The average molecular weight is 219 g/mol. The van der Waals surface area contributed by atoms with Crippen molar-refractivity contribution in [2.24, 2.45) is 5.73 Å². The van der Waals surface area contributed by atoms with Crippen LogP contribution in [0.3, 0.4) is 0 Å². The Morgan fingerprint density at radius 1 is 1.44 bits per heavy atom. The molecule has 0 radical (unpaired) electrons. The number of nitrogens with two attached hydrogens (primary N) is 1. The van der Waals surface area contributed by atoms with E-state index in [2.05, 4.69) is 19.6 Å². The molecule has 0 amide bonds. The summed E-state index contributed by atoms with van der Waals surface area (Å²) in [6, 6.07) is 8.14. The van der Waals surface area contributed by atoms with Gasteiger partial charge in [0.15, 0.2) is 0 Å². The molecule has 1 rings (SSSR count). The minimum atomic E-state index is 0.128. The summed E-state index contributed by atoms with van der Waals surface area (Å²) >= 11 is 0. The first-order valence-electron chi connectivity index (χ1n) is 5.71. The number of rotatable bonds is 6. The van der Waals surface area contributed by atoms with E-state index in [4.69, 9.17) is 10.5 Å². The third-order valence-corrected chi connectivity index (χ3v) is 2.73. The second-order valence-corrected chi connectivity index (χ2v) is 4.08. The molecule has 0 spiro atoms. The first kappa shape index (κ1) is 12.8. The maximum atomic E-state index is 6.09. The highest BCUT2D eigenvalue weighted by Gasteiger charge is 2.08. The van der Waals surface area contributed by atoms with Crippen LogP contribution < -0.4 is 10.5 Å². The maximum absolute atomic E-state index is 6.09. The zero-order valence-electron chi connectivity index (χ0n) is 10.2. The van der Waals surface area contributed by atoms with Crippen LogP contribution >= 0.6 is 0 Å². The lowest BCUT2D eigenvalue weighted by Gasteiger charge is -2.14. The van der Waals surface area contributed by atoms with Crippen LogP contribution in [0.25, 0.3) is 0 Å². The van der Waals surface area contributed by atoms with Gasteiger partial charge in [0.25, 0.3) is 0 Å². The lowest BCUT2D eigenvalue weighted by molar-refractivity contribution is 0.407. The highest BCUT2D eigenvalue weighted by Crippen LogP contribution is 2.20. The fourth-order valence-electron chi connectivity index (χ4n) is 1.74. The Morgan fingerprint density at radius 3 is 2.75 bits per heavy atom. The van der Waals surface area contributed by atoms with Crippen LogP contribution in [0.15, 0.2) is 36.4 Å². The van der Waals surface area contributed by atoms with Gasteiger partial charge in [0.1, 0.15) is 5.75 Å². The monoisotopic (exact) mass is 219 g/mol. The van der Waals surface area contributed by atoms with Crippen molar-refractivity contribution >= 4 is 0 Å². The summed E-state index contributed by atoms with van der Waals surface area (Å²) in [5.74, 6) is 0.917. The predicted molar refractivity (Wildman–Crippen MR) is 68.7 cm³/mol. The molecule has 0 aliphatic rings. The number of para-hydroxylation sites is 1. The second-order valence-electron chi connectivity index (χ2n) is 4.08. The van der Waals surface area contributed by atoms with Gasteiger partial charge in [-0.3, -0.25) is 0 Å². The van der Waals surface area contributed by atoms with Crippen LogP contribution in [0.2, 0.25) is 0 Å². The van der Waals surface area contributed by atoms with E-state index < -0.39 is 0 Å². The maximum Gasteiger partial charge on any atom is 0.122 e. The Labute approximate surface area is 98.1 Å². The van der Waals surface area contributed by atoms with Crippen LogP contribution in [0.1, 0.15) is 25.3 Å². The van der Waals surface area contributed by atoms with E-state index in [0.717, 1.165) is 25.0 Å². The van der Waals surface area contributed by atoms with Crippen LogP contribution in [0.5, 0.6) is 5.75 Å². The summed E-state index contributed by atoms with van der Waals surface area (Å²) < 4.78 is 5.30. The fraction of sp³-hybridized carbons (Fsp3) is 0.429. The Kier molecular flexibility index (Phi) is 5.06. The molecule has 0 aliphatic carbocycles. The van der Waals surface area contributed by atoms with Gasteiger partial charge < -0.3 is 10.5 Å². The molecular weight excluding hydrogens is 198 g/mol. The molecule has 1 atom stereocenters. The quantitative estimate of drug-likeness (QED) is 0.747. The molecule has 2 nitrogen and oxygen atoms in total. The van der Waals surface area contributed by atoms with Crippen molar-refractivity contribution in [3.63, 3.8) is 0 Å². The van der Waals surface area contributed by atoms with Gasteiger partial charge in [-0.25, -0.2) is 0 Å². The highest BCUT2D eigenvalue weighted by atomic mass is 16.5. The fourth-order valence-corrected chi connectivity index (χ4v) is 1.74. The Bertz CT molecular complexity index is 346. The van der Waals surface area contributed by atoms with E-state index in [1.807, 2.05) is 18.2 Å². The van der Waals surface area contributed by atoms with Crippen LogP contribution in [-0.2, 0) is 6.42 Å². The first-order valence-corrected chi connectivity index (χ1v) is 5.71. The minimum absolute atomic E-state index is 0.128. The number of benzene rings is 1. The van der Waals surface area contributed by atoms with E-state index in [-0.39, 0.29) is 6.04 Å². The summed E-state index contributed by atoms with van der Waals surface area (Å²) in [6.07, 6.45) is 2.72. The molecule has 0 saturated heterocycles. The molecule has 0 saturated carbocycles. The van der Waals surface area contributed by atoms with Crippen molar-refractivity contribution in [2.75, 3.05) is 7.11 Å². The van der Waals surface area contributed by atoms with E-state index >= 15 is 0 Å². The molecule has 1 aromatic carbocycles. The van der Waals surface area contributed by atoms with Gasteiger partial charge in [-0.05, 0) is 30.9 Å². The number of ether oxygens (including phenoxy) is 1. The van der Waals surface area contributed by atoms with Crippen LogP contribution in [-0.4, -0.2) is 13.2 Å². The lowest BCUT2D eigenvalue weighted by Crippen LogP contribution is -2.23. The zero-order valence-corrected chi connectivity index (χ0v) is 10.2. The largest absolute Gasteiger partial charge is 0.496 e. The third kappa shape index (κ3) is 3.70. The van der Waals surface area contributed by atoms with Gasteiger partial charge >= 0.3 is 0 Å². The van der Waals surface area contributed by atoms with Crippen LogP contribution in [0, 0.1) is 0 Å². The van der Waals surface area contributed by atoms with Gasteiger partial charge in [0, 0.05) is 6.04 Å². The van der Waals surface area contributed by atoms with Gasteiger partial charge in [0.05, 0.1) is 7.11 Å². The zero-order chi connectivity index (χ0) is 12.0. The van der Waals surface area contributed by atoms with Crippen molar-refractivity contribution in [2.45, 2.75) is 32.2 Å². The van der Waals surface area contributed by atoms with Gasteiger partial charge in [-0.1, -0.05) is 37.3 Å². The lowest BCUT2D eigenvalue weighted by atomic mass is 9.99. The van der Waals surface area contributed by atoms with E-state index in [1.165, 1.54) is 11.1 Å². The first-order chi connectivity index (χ1) is 7.67. The standard InChI is InChI=1S/C14H21NO/c1-4-11(2)9-13(15)10-12-7-5-6-8-14(12)16-3/h5-8,13H,2,4,9-10,15H2,1,3H3. The molecule has 1 aromatic rings. The molecule has 0 heterocycles. The molecule has 0 bridgehead atoms. The van der Waals surface area contributed by atoms with E-state index in [0.29, 0.717) is 0 Å². The summed E-state index contributed by atoms with van der Waals surface area (Å²) in [7, 11) is 1.69. The van der Waals surface area contributed by atoms with Crippen molar-refractivity contribution < 1.29 is 4.74 Å². The molecule has 2 N–H and O–H groups in total. The van der Waals surface area contributed by atoms with Crippen molar-refractivity contribution in [3.05, 3.63) is 42.0 Å². The number of hydrogen-bond acceptors (Lipinski definition) is 2. The smallest absolute Gasteiger partial charge is 0.122 e. The number of methoxy groups -OCH3 is 1. The Balaban J connectivity index is 2.61. The molecule has 2 heteroatoms. The number of hydrogen-bond donors (Lipinski definition) is 1. The molecule has 16 heavy (non-hydrogen) atoms. The average Bonchev–Trinajstić information content (AvgIpc) is 2.29. The minimum Gasteiger partial charge on any atom is -0.496 e. The molecule has 0 fully saturated rings. The summed E-state index contributed by atoms with van der Waals surface area (Å²) in [6.45, 7) is 6.10. The van der Waals surface area contributed by atoms with Gasteiger partial charge in [0.2, 0.25) is 0 Å². The topological polar surface area (TPSA) is 35.2 Å². The summed E-state index contributed by atoms with van der Waals surface area (Å²) in [5, 5.41) is 0. The molecule has 0 aliphatic heterocycles. The van der Waals surface area contributed by atoms with Crippen molar-refractivity contribution in [1.82, 2.24) is 0 Å². The van der Waals surface area contributed by atoms with Gasteiger partial charge in [-0.15, -0.1) is 0 Å². The van der Waals surface area contributed by atoms with Crippen molar-refractivity contribution in [3.8, 4) is 5.75 Å². The van der Waals surface area contributed by atoms with Crippen molar-refractivity contribution in [1.29, 1.82) is 0 Å². The highest BCUT2D eigenvalue weighted by molar-refractivity contribution is 5.33. The molecular formula is C14H21NO. The summed E-state index contributed by atoms with van der Waals surface area (Å²) in [5.41, 5.74) is 8.47. The second kappa shape index (κ2) is 6.33. The SMILES string of the molecule is C=C(CC)CC(N)Cc1ccccc1OC. The van der Waals surface area contributed by atoms with E-state index in [1.54, 1.807) is 7.11 Å². The molecule has 1 unspecified atom stereocenters. The van der Waals surface area contributed by atoms with E-state index in [9.17, 15) is 0 Å². The predicted octanol–water partition coefficient (Wildman–Crippen LogP) is 2.92. The summed E-state index contributed by atoms with van der Waals surface area (Å²) in [4.78, 5) is 0. The molecule has 88 valence electrons. The van der Waals surface area contributed by atoms with Crippen LogP contribution in [0.4, 0.5) is 0 Å². The third-order valence-electron chi connectivity index (χ3n) is 2.73. The molecule has 0 aromatic heterocycles. The van der Waals surface area contributed by atoms with Gasteiger partial charge in [-0.2, -0.15) is 0 Å². The Hall–Kier alpha value is -1.28.